The Balaban J connectivity index is 1.33. The lowest BCUT2D eigenvalue weighted by Crippen LogP contribution is -2.57. The van der Waals surface area contributed by atoms with E-state index in [1.807, 2.05) is 0 Å². The van der Waals surface area contributed by atoms with Crippen molar-refractivity contribution in [3.05, 3.63) is 52.7 Å². The van der Waals surface area contributed by atoms with Gasteiger partial charge in [0.05, 0.1) is 5.56 Å². The lowest BCUT2D eigenvalue weighted by molar-refractivity contribution is -0.274. The summed E-state index contributed by atoms with van der Waals surface area (Å²) in [5.41, 5.74) is -4.81. The van der Waals surface area contributed by atoms with E-state index in [1.165, 1.54) is 7.05 Å². The second kappa shape index (κ2) is 12.8. The standard InChI is InChI=1S/C28H31ClF6N4O4/c1-36-24(40)21-5-6-22(37-23(21)29)38-11-7-17(8-12-38)15-18-9-13-39(14-10-18)25(41)26(42,27(30,31)32)19-3-2-4-20(16-19)43-28(33,34)35/h2-6,16-18,42H,7-15H2,1H3,(H,36,40)/t26-/m1/s1. The summed E-state index contributed by atoms with van der Waals surface area (Å²) in [7, 11) is 1.50. The third-order valence-electron chi connectivity index (χ3n) is 8.02. The number of piperidine rings is 2. The van der Waals surface area contributed by atoms with Crippen molar-refractivity contribution in [1.29, 1.82) is 0 Å². The average Bonchev–Trinajstić information content (AvgIpc) is 2.95. The van der Waals surface area contributed by atoms with Crippen molar-refractivity contribution >= 4 is 29.2 Å². The summed E-state index contributed by atoms with van der Waals surface area (Å²) in [6.45, 7) is 1.36. The van der Waals surface area contributed by atoms with Crippen molar-refractivity contribution in [3.63, 3.8) is 0 Å². The minimum absolute atomic E-state index is 0.0282. The van der Waals surface area contributed by atoms with Crippen LogP contribution in [0, 0.1) is 11.8 Å². The van der Waals surface area contributed by atoms with E-state index in [1.54, 1.807) is 12.1 Å². The number of halogens is 7. The molecule has 236 valence electrons. The van der Waals surface area contributed by atoms with Crippen LogP contribution in [0.1, 0.15) is 48.0 Å². The monoisotopic (exact) mass is 636 g/mol. The van der Waals surface area contributed by atoms with Crippen molar-refractivity contribution in [3.8, 4) is 5.75 Å². The van der Waals surface area contributed by atoms with Crippen molar-refractivity contribution in [2.45, 2.75) is 50.2 Å². The molecule has 2 fully saturated rings. The molecule has 0 radical (unpaired) electrons. The number of pyridine rings is 1. The molecule has 2 N–H and O–H groups in total. The van der Waals surface area contributed by atoms with Crippen LogP contribution >= 0.6 is 11.6 Å². The first-order valence-electron chi connectivity index (χ1n) is 13.7. The number of nitrogens with zero attached hydrogens (tertiary/aromatic N) is 3. The van der Waals surface area contributed by atoms with Crippen LogP contribution in [0.25, 0.3) is 0 Å². The summed E-state index contributed by atoms with van der Waals surface area (Å²) in [5.74, 6) is -1.77. The van der Waals surface area contributed by atoms with Gasteiger partial charge in [-0.3, -0.25) is 9.59 Å². The topological polar surface area (TPSA) is 95.0 Å². The van der Waals surface area contributed by atoms with Crippen LogP contribution in [0.4, 0.5) is 32.2 Å². The first-order valence-corrected chi connectivity index (χ1v) is 14.1. The third kappa shape index (κ3) is 7.46. The van der Waals surface area contributed by atoms with Crippen LogP contribution in [0.15, 0.2) is 36.4 Å². The van der Waals surface area contributed by atoms with E-state index in [4.69, 9.17) is 11.6 Å². The van der Waals surface area contributed by atoms with Gasteiger partial charge in [0.2, 0.25) is 0 Å². The molecule has 1 aromatic carbocycles. The molecule has 15 heteroatoms. The Morgan fingerprint density at radius 1 is 1.00 bits per heavy atom. The maximum absolute atomic E-state index is 14.1. The number of benzene rings is 1. The molecule has 0 saturated carbocycles. The van der Waals surface area contributed by atoms with E-state index in [0.29, 0.717) is 43.7 Å². The average molecular weight is 637 g/mol. The second-order valence-electron chi connectivity index (χ2n) is 10.8. The molecule has 2 aliphatic heterocycles. The molecule has 4 rings (SSSR count). The van der Waals surface area contributed by atoms with Gasteiger partial charge in [-0.2, -0.15) is 13.2 Å². The van der Waals surface area contributed by atoms with Gasteiger partial charge >= 0.3 is 12.5 Å². The molecule has 2 aromatic rings. The van der Waals surface area contributed by atoms with Gasteiger partial charge < -0.3 is 25.0 Å². The fourth-order valence-corrected chi connectivity index (χ4v) is 5.94. The fourth-order valence-electron chi connectivity index (χ4n) is 5.70. The molecule has 8 nitrogen and oxygen atoms in total. The van der Waals surface area contributed by atoms with Crippen LogP contribution < -0.4 is 15.0 Å². The highest BCUT2D eigenvalue weighted by Gasteiger charge is 2.62. The zero-order valence-corrected chi connectivity index (χ0v) is 23.9. The van der Waals surface area contributed by atoms with Crippen LogP contribution in [0.5, 0.6) is 5.75 Å². The lowest BCUT2D eigenvalue weighted by Gasteiger charge is -2.40. The van der Waals surface area contributed by atoms with Gasteiger partial charge in [0.1, 0.15) is 16.7 Å². The van der Waals surface area contributed by atoms with Gasteiger partial charge in [0.25, 0.3) is 17.4 Å². The molecule has 0 aliphatic carbocycles. The second-order valence-corrected chi connectivity index (χ2v) is 11.1. The number of rotatable bonds is 7. The number of hydrogen-bond donors (Lipinski definition) is 2. The molecule has 2 saturated heterocycles. The predicted molar refractivity (Wildman–Crippen MR) is 145 cm³/mol. The van der Waals surface area contributed by atoms with Crippen molar-refractivity contribution in [1.82, 2.24) is 15.2 Å². The minimum Gasteiger partial charge on any atom is -0.406 e. The Morgan fingerprint density at radius 2 is 1.60 bits per heavy atom. The van der Waals surface area contributed by atoms with E-state index in [2.05, 4.69) is 19.9 Å². The van der Waals surface area contributed by atoms with Crippen LogP contribution in [0.2, 0.25) is 5.15 Å². The van der Waals surface area contributed by atoms with Crippen molar-refractivity contribution < 1.29 is 45.8 Å². The number of anilines is 1. The number of alkyl halides is 6. The SMILES string of the molecule is CNC(=O)c1ccc(N2CCC(CC3CCN(C(=O)[C@](O)(c4cccc(OC(F)(F)F)c4)C(F)(F)F)CC3)CC2)nc1Cl. The van der Waals surface area contributed by atoms with Crippen LogP contribution in [-0.4, -0.2) is 72.6 Å². The largest absolute Gasteiger partial charge is 0.573 e. The highest BCUT2D eigenvalue weighted by molar-refractivity contribution is 6.32. The maximum atomic E-state index is 14.1. The summed E-state index contributed by atoms with van der Waals surface area (Å²) >= 11 is 6.18. The highest BCUT2D eigenvalue weighted by Crippen LogP contribution is 2.43. The van der Waals surface area contributed by atoms with Crippen LogP contribution in [0.3, 0.4) is 0 Å². The number of carbonyl (C=O) groups is 2. The Bertz CT molecular complexity index is 1310. The molecule has 2 amide bonds. The number of amides is 2. The van der Waals surface area contributed by atoms with E-state index in [9.17, 15) is 41.0 Å². The molecule has 43 heavy (non-hydrogen) atoms. The summed E-state index contributed by atoms with van der Waals surface area (Å²) < 4.78 is 83.8. The van der Waals surface area contributed by atoms with Gasteiger partial charge in [-0.15, -0.1) is 13.2 Å². The van der Waals surface area contributed by atoms with E-state index < -0.39 is 35.4 Å². The van der Waals surface area contributed by atoms with Gasteiger partial charge in [0.15, 0.2) is 0 Å². The number of likely N-dealkylation sites (tertiary alicyclic amines) is 1. The zero-order chi connectivity index (χ0) is 31.6. The van der Waals surface area contributed by atoms with Crippen molar-refractivity contribution in [2.75, 3.05) is 38.1 Å². The molecular weight excluding hydrogens is 606 g/mol. The molecule has 1 atom stereocenters. The molecule has 3 heterocycles. The Morgan fingerprint density at radius 3 is 2.14 bits per heavy atom. The van der Waals surface area contributed by atoms with Gasteiger partial charge in [-0.25, -0.2) is 4.98 Å². The Kier molecular flexibility index (Phi) is 9.69. The van der Waals surface area contributed by atoms with Gasteiger partial charge in [0, 0.05) is 38.8 Å². The molecule has 0 spiro atoms. The number of hydrogen-bond acceptors (Lipinski definition) is 6. The molecule has 0 bridgehead atoms. The zero-order valence-electron chi connectivity index (χ0n) is 23.1. The van der Waals surface area contributed by atoms with Gasteiger partial charge in [-0.05, 0) is 68.2 Å². The Hall–Kier alpha value is -3.26. The molecule has 1 aromatic heterocycles. The first kappa shape index (κ1) is 32.6. The van der Waals surface area contributed by atoms with Crippen molar-refractivity contribution in [2.24, 2.45) is 11.8 Å². The lowest BCUT2D eigenvalue weighted by atomic mass is 9.82. The Labute approximate surface area is 248 Å². The number of carbonyl (C=O) groups excluding carboxylic acids is 2. The molecule has 0 unspecified atom stereocenters. The number of aromatic nitrogens is 1. The molecule has 2 aliphatic rings. The number of nitrogens with one attached hydrogen (secondary N) is 1. The van der Waals surface area contributed by atoms with Crippen LogP contribution in [-0.2, 0) is 10.4 Å². The number of ether oxygens (including phenoxy) is 1. The maximum Gasteiger partial charge on any atom is 0.573 e. The van der Waals surface area contributed by atoms with E-state index in [0.717, 1.165) is 42.4 Å². The summed E-state index contributed by atoms with van der Waals surface area (Å²) in [6, 6.07) is 6.11. The highest BCUT2D eigenvalue weighted by atomic mass is 35.5. The first-order chi connectivity index (χ1) is 20.1. The fraction of sp³-hybridized carbons (Fsp3) is 0.536. The molecular formula is C28H31ClF6N4O4. The normalized spacial score (nSPS) is 18.7. The van der Waals surface area contributed by atoms with E-state index >= 15 is 0 Å². The summed E-state index contributed by atoms with van der Waals surface area (Å²) in [6.07, 6.45) is -7.29. The summed E-state index contributed by atoms with van der Waals surface area (Å²) in [4.78, 5) is 32.3. The van der Waals surface area contributed by atoms with Gasteiger partial charge in [-0.1, -0.05) is 23.7 Å². The quantitative estimate of drug-likeness (QED) is 0.317. The minimum atomic E-state index is -5.49. The number of aliphatic hydroxyl groups is 1. The summed E-state index contributed by atoms with van der Waals surface area (Å²) in [5, 5.41) is 13.3. The third-order valence-corrected chi connectivity index (χ3v) is 8.31. The smallest absolute Gasteiger partial charge is 0.406 e. The van der Waals surface area contributed by atoms with E-state index in [-0.39, 0.29) is 35.6 Å². The predicted octanol–water partition coefficient (Wildman–Crippen LogP) is 5.29.